The second-order valence-corrected chi connectivity index (χ2v) is 4.23. The van der Waals surface area contributed by atoms with Crippen molar-refractivity contribution in [3.63, 3.8) is 0 Å². The van der Waals surface area contributed by atoms with Gasteiger partial charge in [-0.1, -0.05) is 6.07 Å². The lowest BCUT2D eigenvalue weighted by atomic mass is 10.1. The molecule has 0 atom stereocenters. The van der Waals surface area contributed by atoms with Crippen LogP contribution in [0.5, 0.6) is 0 Å². The highest BCUT2D eigenvalue weighted by Gasteiger charge is 2.13. The Hall–Kier alpha value is -2.67. The van der Waals surface area contributed by atoms with Crippen molar-refractivity contribution >= 4 is 17.7 Å². The van der Waals surface area contributed by atoms with Crippen molar-refractivity contribution in [2.75, 3.05) is 11.4 Å². The zero-order valence-electron chi connectivity index (χ0n) is 11.0. The summed E-state index contributed by atoms with van der Waals surface area (Å²) in [5, 5.41) is 9.22. The molecular weight excluding hydrogens is 255 g/mol. The van der Waals surface area contributed by atoms with Crippen LogP contribution in [0.15, 0.2) is 42.5 Å². The molecular formula is C16H13FN2O. The lowest BCUT2D eigenvalue weighted by Crippen LogP contribution is -2.17. The van der Waals surface area contributed by atoms with Gasteiger partial charge in [-0.15, -0.1) is 0 Å². The lowest BCUT2D eigenvalue weighted by molar-refractivity contribution is 0.112. The van der Waals surface area contributed by atoms with Crippen molar-refractivity contribution in [3.8, 4) is 6.07 Å². The molecule has 100 valence electrons. The van der Waals surface area contributed by atoms with Gasteiger partial charge in [0.15, 0.2) is 0 Å². The molecule has 0 unspecified atom stereocenters. The number of carbonyl (C=O) groups is 1. The number of halogens is 1. The van der Waals surface area contributed by atoms with E-state index < -0.39 is 0 Å². The van der Waals surface area contributed by atoms with Crippen LogP contribution in [0.3, 0.4) is 0 Å². The molecule has 0 N–H and O–H groups in total. The number of hydrogen-bond acceptors (Lipinski definition) is 3. The Bertz CT molecular complexity index is 676. The highest BCUT2D eigenvalue weighted by atomic mass is 19.1. The molecule has 0 aliphatic heterocycles. The third-order valence-corrected chi connectivity index (χ3v) is 3.00. The first kappa shape index (κ1) is 13.8. The van der Waals surface area contributed by atoms with Crippen molar-refractivity contribution < 1.29 is 9.18 Å². The zero-order chi connectivity index (χ0) is 14.5. The summed E-state index contributed by atoms with van der Waals surface area (Å²) in [5.74, 6) is -0.330. The minimum absolute atomic E-state index is 0.330. The fraction of sp³-hybridized carbons (Fsp3) is 0.125. The van der Waals surface area contributed by atoms with Gasteiger partial charge < -0.3 is 4.90 Å². The summed E-state index contributed by atoms with van der Waals surface area (Å²) in [5.41, 5.74) is 2.16. The molecule has 0 heterocycles. The third kappa shape index (κ3) is 2.67. The average molecular weight is 268 g/mol. The standard InChI is InChI=1S/C16H13FN2O/c1-2-19(15-5-3-4-14(17)9-15)16-7-6-12(11-20)8-13(16)10-18/h3-9,11H,2H2,1H3. The van der Waals surface area contributed by atoms with Gasteiger partial charge in [-0.2, -0.15) is 5.26 Å². The van der Waals surface area contributed by atoms with Gasteiger partial charge in [0.25, 0.3) is 0 Å². The lowest BCUT2D eigenvalue weighted by Gasteiger charge is -2.24. The fourth-order valence-corrected chi connectivity index (χ4v) is 2.09. The summed E-state index contributed by atoms with van der Waals surface area (Å²) in [6.07, 6.45) is 0.698. The fourth-order valence-electron chi connectivity index (χ4n) is 2.09. The number of rotatable bonds is 4. The van der Waals surface area contributed by atoms with Crippen LogP contribution < -0.4 is 4.90 Å². The SMILES string of the molecule is CCN(c1cccc(F)c1)c1ccc(C=O)cc1C#N. The summed E-state index contributed by atoms with van der Waals surface area (Å²) in [6.45, 7) is 2.50. The molecule has 3 nitrogen and oxygen atoms in total. The van der Waals surface area contributed by atoms with Crippen LogP contribution >= 0.6 is 0 Å². The molecule has 0 amide bonds. The summed E-state index contributed by atoms with van der Waals surface area (Å²) in [4.78, 5) is 12.6. The Morgan fingerprint density at radius 2 is 2.10 bits per heavy atom. The number of nitriles is 1. The Kier molecular flexibility index (Phi) is 4.11. The van der Waals surface area contributed by atoms with Crippen molar-refractivity contribution in [3.05, 3.63) is 59.4 Å². The maximum Gasteiger partial charge on any atom is 0.150 e. The molecule has 0 aliphatic carbocycles. The molecule has 0 aromatic heterocycles. The Morgan fingerprint density at radius 3 is 2.70 bits per heavy atom. The van der Waals surface area contributed by atoms with Crippen molar-refractivity contribution in [1.29, 1.82) is 5.26 Å². The van der Waals surface area contributed by atoms with Gasteiger partial charge in [0, 0.05) is 17.8 Å². The van der Waals surface area contributed by atoms with Crippen LogP contribution in [-0.2, 0) is 0 Å². The van der Waals surface area contributed by atoms with Crippen molar-refractivity contribution in [2.24, 2.45) is 0 Å². The van der Waals surface area contributed by atoms with E-state index in [2.05, 4.69) is 6.07 Å². The number of hydrogen-bond donors (Lipinski definition) is 0. The number of benzene rings is 2. The predicted molar refractivity (Wildman–Crippen MR) is 75.6 cm³/mol. The molecule has 4 heteroatoms. The normalized spacial score (nSPS) is 9.85. The van der Waals surface area contributed by atoms with Gasteiger partial charge in [0.1, 0.15) is 18.2 Å². The van der Waals surface area contributed by atoms with Crippen LogP contribution in [0.1, 0.15) is 22.8 Å². The molecule has 0 bridgehead atoms. The number of nitrogens with zero attached hydrogens (tertiary/aromatic N) is 2. The van der Waals surface area contributed by atoms with Crippen LogP contribution in [0.25, 0.3) is 0 Å². The predicted octanol–water partition coefficient (Wildman–Crippen LogP) is 3.67. The molecule has 0 aliphatic rings. The molecule has 0 saturated carbocycles. The topological polar surface area (TPSA) is 44.1 Å². The Balaban J connectivity index is 2.52. The molecule has 2 aromatic carbocycles. The van der Waals surface area contributed by atoms with Crippen LogP contribution in [0.2, 0.25) is 0 Å². The van der Waals surface area contributed by atoms with Gasteiger partial charge >= 0.3 is 0 Å². The monoisotopic (exact) mass is 268 g/mol. The van der Waals surface area contributed by atoms with Crippen molar-refractivity contribution in [1.82, 2.24) is 0 Å². The van der Waals surface area contributed by atoms with Crippen LogP contribution in [0, 0.1) is 17.1 Å². The van der Waals surface area contributed by atoms with Crippen LogP contribution in [-0.4, -0.2) is 12.8 Å². The van der Waals surface area contributed by atoms with E-state index in [1.807, 2.05) is 11.8 Å². The minimum atomic E-state index is -0.330. The van der Waals surface area contributed by atoms with E-state index in [1.54, 1.807) is 24.3 Å². The van der Waals surface area contributed by atoms with E-state index in [9.17, 15) is 14.4 Å². The van der Waals surface area contributed by atoms with Gasteiger partial charge in [-0.3, -0.25) is 4.79 Å². The summed E-state index contributed by atoms with van der Waals surface area (Å²) in [7, 11) is 0. The second kappa shape index (κ2) is 5.98. The highest BCUT2D eigenvalue weighted by Crippen LogP contribution is 2.29. The van der Waals surface area contributed by atoms with E-state index in [1.165, 1.54) is 18.2 Å². The largest absolute Gasteiger partial charge is 0.341 e. The summed E-state index contributed by atoms with van der Waals surface area (Å²) in [6, 6.07) is 13.1. The molecule has 20 heavy (non-hydrogen) atoms. The van der Waals surface area contributed by atoms with E-state index in [0.29, 0.717) is 35.3 Å². The Labute approximate surface area is 116 Å². The summed E-state index contributed by atoms with van der Waals surface area (Å²) >= 11 is 0. The molecule has 2 rings (SSSR count). The van der Waals surface area contributed by atoms with Crippen LogP contribution in [0.4, 0.5) is 15.8 Å². The van der Waals surface area contributed by atoms with Gasteiger partial charge in [0.2, 0.25) is 0 Å². The molecule has 0 saturated heterocycles. The second-order valence-electron chi connectivity index (χ2n) is 4.23. The maximum absolute atomic E-state index is 13.3. The first-order chi connectivity index (χ1) is 9.69. The first-order valence-corrected chi connectivity index (χ1v) is 6.22. The summed E-state index contributed by atoms with van der Waals surface area (Å²) < 4.78 is 13.3. The van der Waals surface area contributed by atoms with Gasteiger partial charge in [0.05, 0.1) is 11.3 Å². The number of anilines is 2. The highest BCUT2D eigenvalue weighted by molar-refractivity contribution is 5.79. The maximum atomic E-state index is 13.3. The van der Waals surface area contributed by atoms with E-state index in [4.69, 9.17) is 0 Å². The Morgan fingerprint density at radius 1 is 1.30 bits per heavy atom. The first-order valence-electron chi connectivity index (χ1n) is 6.22. The van der Waals surface area contributed by atoms with E-state index in [0.717, 1.165) is 0 Å². The molecule has 0 fully saturated rings. The molecule has 0 spiro atoms. The zero-order valence-corrected chi connectivity index (χ0v) is 11.0. The number of aldehydes is 1. The smallest absolute Gasteiger partial charge is 0.150 e. The van der Waals surface area contributed by atoms with Gasteiger partial charge in [-0.25, -0.2) is 4.39 Å². The number of carbonyl (C=O) groups excluding carboxylic acids is 1. The van der Waals surface area contributed by atoms with Gasteiger partial charge in [-0.05, 0) is 43.3 Å². The van der Waals surface area contributed by atoms with E-state index >= 15 is 0 Å². The average Bonchev–Trinajstić information content (AvgIpc) is 2.48. The third-order valence-electron chi connectivity index (χ3n) is 3.00. The molecule has 2 aromatic rings. The quantitative estimate of drug-likeness (QED) is 0.795. The minimum Gasteiger partial charge on any atom is -0.341 e. The van der Waals surface area contributed by atoms with E-state index in [-0.39, 0.29) is 5.82 Å². The van der Waals surface area contributed by atoms with Crippen molar-refractivity contribution in [2.45, 2.75) is 6.92 Å². The molecule has 0 radical (unpaired) electrons.